The Morgan fingerprint density at radius 1 is 1.00 bits per heavy atom. The zero-order valence-electron chi connectivity index (χ0n) is 9.91. The van der Waals surface area contributed by atoms with Gasteiger partial charge in [-0.2, -0.15) is 0 Å². The predicted molar refractivity (Wildman–Crippen MR) is 65.1 cm³/mol. The van der Waals surface area contributed by atoms with E-state index in [4.69, 9.17) is 9.47 Å². The molecule has 0 aliphatic carbocycles. The molecule has 2 heteroatoms. The van der Waals surface area contributed by atoms with E-state index in [1.54, 1.807) is 7.11 Å². The quantitative estimate of drug-likeness (QED) is 0.386. The molecule has 0 amide bonds. The van der Waals surface area contributed by atoms with Crippen molar-refractivity contribution in [3.05, 3.63) is 25.3 Å². The molecule has 15 heavy (non-hydrogen) atoms. The molecule has 0 radical (unpaired) electrons. The van der Waals surface area contributed by atoms with Gasteiger partial charge in [0.05, 0.1) is 6.10 Å². The van der Waals surface area contributed by atoms with Crippen LogP contribution in [-0.2, 0) is 9.47 Å². The van der Waals surface area contributed by atoms with E-state index >= 15 is 0 Å². The van der Waals surface area contributed by atoms with Gasteiger partial charge in [0.15, 0.2) is 0 Å². The summed E-state index contributed by atoms with van der Waals surface area (Å²) in [5.41, 5.74) is 0. The average molecular weight is 212 g/mol. The smallest absolute Gasteiger partial charge is 0.0643 e. The van der Waals surface area contributed by atoms with E-state index in [9.17, 15) is 0 Å². The van der Waals surface area contributed by atoms with Crippen LogP contribution in [0.2, 0.25) is 0 Å². The van der Waals surface area contributed by atoms with Gasteiger partial charge < -0.3 is 9.47 Å². The average Bonchev–Trinajstić information content (AvgIpc) is 2.24. The summed E-state index contributed by atoms with van der Waals surface area (Å²) in [5, 5.41) is 0. The second-order valence-corrected chi connectivity index (χ2v) is 3.60. The molecule has 0 rings (SSSR count). The highest BCUT2D eigenvalue weighted by molar-refractivity contribution is 4.80. The summed E-state index contributed by atoms with van der Waals surface area (Å²) in [6.45, 7) is 9.12. The molecule has 0 saturated heterocycles. The minimum absolute atomic E-state index is 0.266. The Bertz CT molecular complexity index is 145. The van der Waals surface area contributed by atoms with Crippen molar-refractivity contribution in [1.29, 1.82) is 0 Å². The Balaban J connectivity index is 3.35. The number of hydrogen-bond donors (Lipinski definition) is 0. The van der Waals surface area contributed by atoms with Crippen LogP contribution >= 0.6 is 0 Å². The van der Waals surface area contributed by atoms with Gasteiger partial charge in [-0.1, -0.05) is 12.2 Å². The lowest BCUT2D eigenvalue weighted by molar-refractivity contribution is 0.0538. The van der Waals surface area contributed by atoms with Crippen molar-refractivity contribution in [1.82, 2.24) is 0 Å². The van der Waals surface area contributed by atoms with Crippen LogP contribution in [0.5, 0.6) is 0 Å². The fraction of sp³-hybridized carbons (Fsp3) is 0.692. The molecule has 0 fully saturated rings. The molecule has 0 unspecified atom stereocenters. The highest BCUT2D eigenvalue weighted by atomic mass is 16.5. The molecule has 0 aromatic rings. The molecule has 0 saturated carbocycles. The van der Waals surface area contributed by atoms with E-state index in [1.165, 1.54) is 6.42 Å². The van der Waals surface area contributed by atoms with Crippen LogP contribution in [0.25, 0.3) is 0 Å². The SMILES string of the molecule is C=CCC(CC=C)OCCCCCOC. The summed E-state index contributed by atoms with van der Waals surface area (Å²) >= 11 is 0. The first-order chi connectivity index (χ1) is 7.35. The second-order valence-electron chi connectivity index (χ2n) is 3.60. The van der Waals surface area contributed by atoms with Gasteiger partial charge in [-0.3, -0.25) is 0 Å². The van der Waals surface area contributed by atoms with Gasteiger partial charge in [-0.05, 0) is 32.1 Å². The molecule has 0 aliphatic heterocycles. The standard InChI is InChI=1S/C13H24O2/c1-4-9-13(10-5-2)15-12-8-6-7-11-14-3/h4-5,13H,1-2,6-12H2,3H3. The normalized spacial score (nSPS) is 10.5. The van der Waals surface area contributed by atoms with Crippen LogP contribution in [0.1, 0.15) is 32.1 Å². The molecule has 88 valence electrons. The van der Waals surface area contributed by atoms with E-state index in [-0.39, 0.29) is 6.10 Å². The van der Waals surface area contributed by atoms with Gasteiger partial charge in [0.25, 0.3) is 0 Å². The minimum atomic E-state index is 0.266. The van der Waals surface area contributed by atoms with Gasteiger partial charge in [0, 0.05) is 20.3 Å². The first-order valence-corrected chi connectivity index (χ1v) is 5.67. The van der Waals surface area contributed by atoms with Crippen LogP contribution in [-0.4, -0.2) is 26.4 Å². The van der Waals surface area contributed by atoms with E-state index in [2.05, 4.69) is 13.2 Å². The molecule has 0 spiro atoms. The fourth-order valence-corrected chi connectivity index (χ4v) is 1.38. The third-order valence-corrected chi connectivity index (χ3v) is 2.21. The maximum atomic E-state index is 5.72. The zero-order valence-corrected chi connectivity index (χ0v) is 9.91. The van der Waals surface area contributed by atoms with Crippen molar-refractivity contribution in [3.63, 3.8) is 0 Å². The lowest BCUT2D eigenvalue weighted by Gasteiger charge is -2.14. The van der Waals surface area contributed by atoms with Gasteiger partial charge in [0.1, 0.15) is 0 Å². The van der Waals surface area contributed by atoms with Crippen molar-refractivity contribution < 1.29 is 9.47 Å². The first-order valence-electron chi connectivity index (χ1n) is 5.67. The molecule has 0 atom stereocenters. The Morgan fingerprint density at radius 2 is 1.60 bits per heavy atom. The Morgan fingerprint density at radius 3 is 2.13 bits per heavy atom. The summed E-state index contributed by atoms with van der Waals surface area (Å²) in [5.74, 6) is 0. The molecule has 0 bridgehead atoms. The van der Waals surface area contributed by atoms with Crippen molar-refractivity contribution in [2.75, 3.05) is 20.3 Å². The van der Waals surface area contributed by atoms with Crippen LogP contribution in [0.15, 0.2) is 25.3 Å². The van der Waals surface area contributed by atoms with Crippen LogP contribution < -0.4 is 0 Å². The van der Waals surface area contributed by atoms with E-state index < -0.39 is 0 Å². The zero-order chi connectivity index (χ0) is 11.4. The molecule has 0 heterocycles. The largest absolute Gasteiger partial charge is 0.385 e. The van der Waals surface area contributed by atoms with Gasteiger partial charge in [-0.15, -0.1) is 13.2 Å². The minimum Gasteiger partial charge on any atom is -0.385 e. The summed E-state index contributed by atoms with van der Waals surface area (Å²) in [6, 6.07) is 0. The maximum absolute atomic E-state index is 5.72. The lowest BCUT2D eigenvalue weighted by Crippen LogP contribution is -2.12. The van der Waals surface area contributed by atoms with Crippen LogP contribution in [0.3, 0.4) is 0 Å². The van der Waals surface area contributed by atoms with Gasteiger partial charge in [0.2, 0.25) is 0 Å². The Labute approximate surface area is 94.0 Å². The molecular weight excluding hydrogens is 188 g/mol. The molecule has 0 aromatic heterocycles. The maximum Gasteiger partial charge on any atom is 0.0643 e. The van der Waals surface area contributed by atoms with Crippen molar-refractivity contribution in [2.45, 2.75) is 38.2 Å². The fourth-order valence-electron chi connectivity index (χ4n) is 1.38. The molecular formula is C13H24O2. The second kappa shape index (κ2) is 11.5. The van der Waals surface area contributed by atoms with Gasteiger partial charge >= 0.3 is 0 Å². The number of ether oxygens (including phenoxy) is 2. The third kappa shape index (κ3) is 9.70. The lowest BCUT2D eigenvalue weighted by atomic mass is 10.2. The summed E-state index contributed by atoms with van der Waals surface area (Å²) in [7, 11) is 1.74. The Kier molecular flexibility index (Phi) is 11.0. The van der Waals surface area contributed by atoms with Gasteiger partial charge in [-0.25, -0.2) is 0 Å². The molecule has 0 N–H and O–H groups in total. The number of rotatable bonds is 11. The van der Waals surface area contributed by atoms with Crippen LogP contribution in [0.4, 0.5) is 0 Å². The topological polar surface area (TPSA) is 18.5 Å². The summed E-state index contributed by atoms with van der Waals surface area (Å²) < 4.78 is 10.7. The van der Waals surface area contributed by atoms with E-state index in [1.807, 2.05) is 12.2 Å². The number of unbranched alkanes of at least 4 members (excludes halogenated alkanes) is 2. The Hall–Kier alpha value is -0.600. The monoisotopic (exact) mass is 212 g/mol. The predicted octanol–water partition coefficient (Wildman–Crippen LogP) is 3.34. The summed E-state index contributed by atoms with van der Waals surface area (Å²) in [6.07, 6.45) is 9.28. The third-order valence-electron chi connectivity index (χ3n) is 2.21. The molecule has 0 aromatic carbocycles. The van der Waals surface area contributed by atoms with E-state index in [0.717, 1.165) is 38.9 Å². The van der Waals surface area contributed by atoms with Crippen molar-refractivity contribution in [2.24, 2.45) is 0 Å². The summed E-state index contributed by atoms with van der Waals surface area (Å²) in [4.78, 5) is 0. The van der Waals surface area contributed by atoms with Crippen molar-refractivity contribution >= 4 is 0 Å². The number of hydrogen-bond acceptors (Lipinski definition) is 2. The van der Waals surface area contributed by atoms with E-state index in [0.29, 0.717) is 0 Å². The molecule has 0 aliphatic rings. The number of methoxy groups -OCH3 is 1. The first kappa shape index (κ1) is 14.4. The highest BCUT2D eigenvalue weighted by Crippen LogP contribution is 2.07. The van der Waals surface area contributed by atoms with Crippen LogP contribution in [0, 0.1) is 0 Å². The highest BCUT2D eigenvalue weighted by Gasteiger charge is 2.03. The van der Waals surface area contributed by atoms with Crippen molar-refractivity contribution in [3.8, 4) is 0 Å². The molecule has 2 nitrogen and oxygen atoms in total.